The molecule has 3 aliphatic heterocycles. The van der Waals surface area contributed by atoms with Gasteiger partial charge in [0, 0.05) is 42.7 Å². The van der Waals surface area contributed by atoms with Crippen molar-refractivity contribution in [3.63, 3.8) is 0 Å². The summed E-state index contributed by atoms with van der Waals surface area (Å²) in [5.41, 5.74) is 3.06. The molecule has 0 spiro atoms. The number of pyridine rings is 1. The molecule has 0 N–H and O–H groups in total. The Labute approximate surface area is 190 Å². The minimum Gasteiger partial charge on any atom is -0.497 e. The number of non-ortho nitro benzene ring substituents is 1. The number of piperidine rings is 3. The molecule has 1 atom stereocenters. The van der Waals surface area contributed by atoms with E-state index in [4.69, 9.17) is 9.47 Å². The second kappa shape index (κ2) is 8.54. The lowest BCUT2D eigenvalue weighted by molar-refractivity contribution is -0.384. The summed E-state index contributed by atoms with van der Waals surface area (Å²) in [6.07, 6.45) is 5.41. The van der Waals surface area contributed by atoms with Gasteiger partial charge in [0.1, 0.15) is 11.9 Å². The molecule has 0 saturated carbocycles. The molecule has 2 bridgehead atoms. The zero-order valence-corrected chi connectivity index (χ0v) is 18.1. The predicted molar refractivity (Wildman–Crippen MR) is 123 cm³/mol. The van der Waals surface area contributed by atoms with Crippen molar-refractivity contribution in [2.45, 2.75) is 18.9 Å². The van der Waals surface area contributed by atoms with E-state index in [2.05, 4.69) is 16.0 Å². The van der Waals surface area contributed by atoms with Gasteiger partial charge >= 0.3 is 5.97 Å². The number of nitro groups is 1. The Bertz CT molecular complexity index is 1250. The van der Waals surface area contributed by atoms with E-state index in [-0.39, 0.29) is 17.7 Å². The number of aromatic nitrogens is 1. The van der Waals surface area contributed by atoms with E-state index in [1.165, 1.54) is 24.3 Å². The van der Waals surface area contributed by atoms with Gasteiger partial charge in [-0.2, -0.15) is 0 Å². The lowest BCUT2D eigenvalue weighted by Crippen LogP contribution is -2.50. The third kappa shape index (κ3) is 4.00. The van der Waals surface area contributed by atoms with Crippen LogP contribution in [-0.4, -0.2) is 47.1 Å². The minimum absolute atomic E-state index is 0.0602. The maximum absolute atomic E-state index is 12.9. The highest BCUT2D eigenvalue weighted by Crippen LogP contribution is 2.39. The Morgan fingerprint density at radius 2 is 1.91 bits per heavy atom. The maximum Gasteiger partial charge on any atom is 0.338 e. The average molecular weight is 445 g/mol. The maximum atomic E-state index is 12.9. The van der Waals surface area contributed by atoms with Crippen molar-refractivity contribution in [1.29, 1.82) is 0 Å². The van der Waals surface area contributed by atoms with E-state index in [9.17, 15) is 14.9 Å². The van der Waals surface area contributed by atoms with E-state index in [0.29, 0.717) is 5.56 Å². The van der Waals surface area contributed by atoms with Crippen molar-refractivity contribution in [3.8, 4) is 5.75 Å². The fourth-order valence-electron chi connectivity index (χ4n) is 4.67. The minimum atomic E-state index is -0.489. The SMILES string of the molecule is COc1ccc2nccc(/C=C3\[C@@H](OC(=O)c4ccc([N+](=O)[O-])cc4)C4CCN3CC4)c2c1. The Balaban J connectivity index is 1.48. The monoisotopic (exact) mass is 445 g/mol. The Morgan fingerprint density at radius 3 is 2.61 bits per heavy atom. The predicted octanol–water partition coefficient (Wildman–Crippen LogP) is 4.44. The smallest absolute Gasteiger partial charge is 0.338 e. The lowest BCUT2D eigenvalue weighted by atomic mass is 9.82. The average Bonchev–Trinajstić information content (AvgIpc) is 2.86. The summed E-state index contributed by atoms with van der Waals surface area (Å²) in [5, 5.41) is 11.9. The first kappa shape index (κ1) is 20.9. The number of nitro benzene ring substituents is 1. The van der Waals surface area contributed by atoms with E-state index >= 15 is 0 Å². The van der Waals surface area contributed by atoms with Crippen molar-refractivity contribution in [1.82, 2.24) is 9.88 Å². The molecule has 168 valence electrons. The van der Waals surface area contributed by atoms with Crippen LogP contribution in [0.4, 0.5) is 5.69 Å². The molecule has 0 radical (unpaired) electrons. The highest BCUT2D eigenvalue weighted by molar-refractivity contribution is 5.91. The van der Waals surface area contributed by atoms with Crippen LogP contribution in [0.25, 0.3) is 17.0 Å². The Kier molecular flexibility index (Phi) is 5.42. The number of fused-ring (bicyclic) bond motifs is 4. The standard InChI is InChI=1S/C25H23N3O5/c1-32-20-6-7-22-21(15-20)18(8-11-26-22)14-23-24(16-9-12-27(23)13-10-16)33-25(29)17-2-4-19(5-3-17)28(30)31/h2-8,11,14-16,24H,9-10,12-13H2,1H3/b23-14+/t24-/m0/s1. The molecule has 3 fully saturated rings. The van der Waals surface area contributed by atoms with Crippen molar-refractivity contribution in [3.05, 3.63) is 81.7 Å². The van der Waals surface area contributed by atoms with Crippen LogP contribution >= 0.6 is 0 Å². The number of carbonyl (C=O) groups excluding carboxylic acids is 1. The fraction of sp³-hybridized carbons (Fsp3) is 0.280. The largest absolute Gasteiger partial charge is 0.497 e. The molecule has 8 heteroatoms. The van der Waals surface area contributed by atoms with E-state index in [1.807, 2.05) is 24.3 Å². The molecule has 0 aliphatic carbocycles. The quantitative estimate of drug-likeness (QED) is 0.325. The van der Waals surface area contributed by atoms with Crippen LogP contribution in [0.3, 0.4) is 0 Å². The van der Waals surface area contributed by atoms with Gasteiger partial charge in [-0.15, -0.1) is 0 Å². The number of esters is 1. The molecule has 3 saturated heterocycles. The number of nitrogens with zero attached hydrogens (tertiary/aromatic N) is 3. The van der Waals surface area contributed by atoms with Gasteiger partial charge in [0.25, 0.3) is 5.69 Å². The van der Waals surface area contributed by atoms with Crippen LogP contribution in [0.1, 0.15) is 28.8 Å². The second-order valence-electron chi connectivity index (χ2n) is 8.31. The molecular formula is C25H23N3O5. The Morgan fingerprint density at radius 1 is 1.15 bits per heavy atom. The molecule has 8 nitrogen and oxygen atoms in total. The third-order valence-electron chi connectivity index (χ3n) is 6.46. The Hall–Kier alpha value is -3.94. The first-order valence-corrected chi connectivity index (χ1v) is 10.9. The lowest BCUT2D eigenvalue weighted by Gasteiger charge is -2.47. The van der Waals surface area contributed by atoms with Crippen LogP contribution in [-0.2, 0) is 4.74 Å². The number of hydrogen-bond acceptors (Lipinski definition) is 7. The summed E-state index contributed by atoms with van der Waals surface area (Å²) in [6.45, 7) is 1.85. The van der Waals surface area contributed by atoms with E-state index in [0.717, 1.165) is 53.8 Å². The van der Waals surface area contributed by atoms with Crippen molar-refractivity contribution >= 4 is 28.6 Å². The third-order valence-corrected chi connectivity index (χ3v) is 6.46. The summed E-state index contributed by atoms with van der Waals surface area (Å²) in [5.74, 6) is 0.517. The van der Waals surface area contributed by atoms with Gasteiger partial charge < -0.3 is 14.4 Å². The van der Waals surface area contributed by atoms with Crippen molar-refractivity contribution < 1.29 is 19.2 Å². The van der Waals surface area contributed by atoms with Crippen LogP contribution in [0.2, 0.25) is 0 Å². The summed E-state index contributed by atoms with van der Waals surface area (Å²) >= 11 is 0. The zero-order valence-electron chi connectivity index (χ0n) is 18.1. The highest BCUT2D eigenvalue weighted by atomic mass is 16.6. The van der Waals surface area contributed by atoms with Crippen molar-refractivity contribution in [2.24, 2.45) is 5.92 Å². The molecule has 1 aromatic heterocycles. The molecule has 4 heterocycles. The molecule has 33 heavy (non-hydrogen) atoms. The van der Waals surface area contributed by atoms with Crippen molar-refractivity contribution in [2.75, 3.05) is 20.2 Å². The van der Waals surface area contributed by atoms with Gasteiger partial charge in [-0.1, -0.05) is 0 Å². The van der Waals surface area contributed by atoms with E-state index < -0.39 is 10.9 Å². The summed E-state index contributed by atoms with van der Waals surface area (Å²) in [4.78, 5) is 30.0. The molecule has 2 aromatic carbocycles. The first-order chi connectivity index (χ1) is 16.0. The summed E-state index contributed by atoms with van der Waals surface area (Å²) < 4.78 is 11.4. The van der Waals surface area contributed by atoms with E-state index in [1.54, 1.807) is 13.3 Å². The summed E-state index contributed by atoms with van der Waals surface area (Å²) in [6, 6.07) is 13.2. The normalized spacial score (nSPS) is 20.8. The second-order valence-corrected chi connectivity index (χ2v) is 8.31. The van der Waals surface area contributed by atoms with Gasteiger partial charge in [-0.3, -0.25) is 15.1 Å². The van der Waals surface area contributed by atoms with Crippen LogP contribution in [0.5, 0.6) is 5.75 Å². The number of methoxy groups -OCH3 is 1. The molecule has 0 amide bonds. The van der Waals surface area contributed by atoms with Crippen LogP contribution in [0.15, 0.2) is 60.4 Å². The fourth-order valence-corrected chi connectivity index (χ4v) is 4.67. The number of carbonyl (C=O) groups is 1. The van der Waals surface area contributed by atoms with Gasteiger partial charge in [-0.05, 0) is 60.9 Å². The summed E-state index contributed by atoms with van der Waals surface area (Å²) in [7, 11) is 1.63. The number of hydrogen-bond donors (Lipinski definition) is 0. The topological polar surface area (TPSA) is 94.8 Å². The van der Waals surface area contributed by atoms with Gasteiger partial charge in [0.05, 0.1) is 28.8 Å². The highest BCUT2D eigenvalue weighted by Gasteiger charge is 2.40. The molecular weight excluding hydrogens is 422 g/mol. The molecule has 3 aromatic rings. The zero-order chi connectivity index (χ0) is 22.9. The molecule has 3 aliphatic rings. The van der Waals surface area contributed by atoms with Crippen LogP contribution < -0.4 is 4.74 Å². The first-order valence-electron chi connectivity index (χ1n) is 10.9. The number of benzene rings is 2. The number of rotatable bonds is 5. The molecule has 6 rings (SSSR count). The van der Waals surface area contributed by atoms with Gasteiger partial charge in [-0.25, -0.2) is 4.79 Å². The number of ether oxygens (including phenoxy) is 2. The van der Waals surface area contributed by atoms with Crippen LogP contribution in [0, 0.1) is 16.0 Å². The van der Waals surface area contributed by atoms with Gasteiger partial charge in [0.2, 0.25) is 0 Å². The molecule has 0 unspecified atom stereocenters. The van der Waals surface area contributed by atoms with Gasteiger partial charge in [0.15, 0.2) is 0 Å².